The van der Waals surface area contributed by atoms with Gasteiger partial charge in [-0.2, -0.15) is 5.10 Å². The smallest absolute Gasteiger partial charge is 0.286 e. The van der Waals surface area contributed by atoms with Crippen molar-refractivity contribution < 1.29 is 9.59 Å². The Bertz CT molecular complexity index is 594. The highest BCUT2D eigenvalue weighted by Crippen LogP contribution is 2.16. The molecule has 0 saturated heterocycles. The van der Waals surface area contributed by atoms with Crippen molar-refractivity contribution in [3.63, 3.8) is 0 Å². The zero-order valence-corrected chi connectivity index (χ0v) is 10.4. The second-order valence-electron chi connectivity index (χ2n) is 3.21. The van der Waals surface area contributed by atoms with Crippen molar-refractivity contribution in [1.29, 1.82) is 0 Å². The van der Waals surface area contributed by atoms with E-state index in [4.69, 9.17) is 17.3 Å². The highest BCUT2D eigenvalue weighted by Gasteiger charge is 2.13. The van der Waals surface area contributed by atoms with Gasteiger partial charge in [0.2, 0.25) is 15.4 Å². The Labute approximate surface area is 110 Å². The summed E-state index contributed by atoms with van der Waals surface area (Å²) < 4.78 is 1.50. The fourth-order valence-electron chi connectivity index (χ4n) is 1.16. The number of nitrogens with zero attached hydrogens (tertiary/aromatic N) is 4. The lowest BCUT2D eigenvalue weighted by atomic mass is 10.5. The largest absolute Gasteiger partial charge is 0.368 e. The first-order valence-corrected chi connectivity index (χ1v) is 5.85. The van der Waals surface area contributed by atoms with E-state index < -0.39 is 11.8 Å². The quantitative estimate of drug-likeness (QED) is 0.828. The first-order valence-electron chi connectivity index (χ1n) is 4.65. The minimum absolute atomic E-state index is 0.0551. The van der Waals surface area contributed by atoms with Crippen molar-refractivity contribution in [3.05, 3.63) is 21.9 Å². The number of primary amides is 1. The predicted molar refractivity (Wildman–Crippen MR) is 64.3 cm³/mol. The Kier molecular flexibility index (Phi) is 3.53. The van der Waals surface area contributed by atoms with E-state index in [1.165, 1.54) is 17.1 Å². The second-order valence-corrected chi connectivity index (χ2v) is 4.77. The molecule has 0 atom stereocenters. The lowest BCUT2D eigenvalue weighted by molar-refractivity contribution is -0.118. The van der Waals surface area contributed by atoms with E-state index in [0.717, 1.165) is 11.3 Å². The number of amides is 2. The van der Waals surface area contributed by atoms with Crippen molar-refractivity contribution in [3.8, 4) is 0 Å². The zero-order valence-electron chi connectivity index (χ0n) is 8.83. The molecule has 8 nitrogen and oxygen atoms in total. The monoisotopic (exact) mass is 286 g/mol. The van der Waals surface area contributed by atoms with Crippen molar-refractivity contribution in [2.45, 2.75) is 6.54 Å². The Morgan fingerprint density at radius 2 is 2.28 bits per heavy atom. The zero-order chi connectivity index (χ0) is 13.1. The summed E-state index contributed by atoms with van der Waals surface area (Å²) in [6.07, 6.45) is 2.87. The molecule has 10 heteroatoms. The van der Waals surface area contributed by atoms with Gasteiger partial charge in [-0.05, 0) is 11.6 Å². The predicted octanol–water partition coefficient (Wildman–Crippen LogP) is 0.126. The number of carbonyl (C=O) groups is 2. The topological polar surface area (TPSA) is 116 Å². The summed E-state index contributed by atoms with van der Waals surface area (Å²) in [5.74, 6) is -0.968. The molecule has 0 spiro atoms. The molecule has 0 aliphatic carbocycles. The minimum atomic E-state index is -0.521. The van der Waals surface area contributed by atoms with Crippen molar-refractivity contribution in [2.24, 2.45) is 5.73 Å². The molecular formula is C8H7ClN6O2S. The molecule has 0 unspecified atom stereocenters. The van der Waals surface area contributed by atoms with E-state index in [9.17, 15) is 9.59 Å². The van der Waals surface area contributed by atoms with Gasteiger partial charge >= 0.3 is 0 Å². The van der Waals surface area contributed by atoms with Crippen LogP contribution in [0.2, 0.25) is 4.47 Å². The summed E-state index contributed by atoms with van der Waals surface area (Å²) in [7, 11) is 0. The van der Waals surface area contributed by atoms with Gasteiger partial charge in [0.1, 0.15) is 6.54 Å². The van der Waals surface area contributed by atoms with E-state index in [0.29, 0.717) is 5.69 Å². The fourth-order valence-corrected chi connectivity index (χ4v) is 1.88. The number of rotatable bonds is 4. The number of hydrogen-bond acceptors (Lipinski definition) is 6. The number of anilines is 1. The van der Waals surface area contributed by atoms with Gasteiger partial charge in [0.25, 0.3) is 5.91 Å². The van der Waals surface area contributed by atoms with E-state index >= 15 is 0 Å². The number of halogens is 1. The lowest BCUT2D eigenvalue weighted by Crippen LogP contribution is -2.18. The SMILES string of the molecule is NC(=O)Cn1cc(NC(=O)c2nnc(Cl)s2)cn1. The molecule has 0 fully saturated rings. The van der Waals surface area contributed by atoms with Gasteiger partial charge < -0.3 is 11.1 Å². The average Bonchev–Trinajstić information content (AvgIpc) is 2.87. The van der Waals surface area contributed by atoms with E-state index in [1.807, 2.05) is 0 Å². The molecule has 0 saturated carbocycles. The maximum absolute atomic E-state index is 11.7. The molecule has 3 N–H and O–H groups in total. The van der Waals surface area contributed by atoms with E-state index in [-0.39, 0.29) is 16.0 Å². The van der Waals surface area contributed by atoms with Gasteiger partial charge in [0.05, 0.1) is 11.9 Å². The van der Waals surface area contributed by atoms with Crippen LogP contribution in [-0.2, 0) is 11.3 Å². The third kappa shape index (κ3) is 3.02. The summed E-state index contributed by atoms with van der Waals surface area (Å²) in [6, 6.07) is 0. The van der Waals surface area contributed by atoms with Gasteiger partial charge in [0, 0.05) is 6.20 Å². The molecule has 0 aliphatic rings. The van der Waals surface area contributed by atoms with Crippen LogP contribution in [0.15, 0.2) is 12.4 Å². The minimum Gasteiger partial charge on any atom is -0.368 e. The number of carbonyl (C=O) groups excluding carboxylic acids is 2. The second kappa shape index (κ2) is 5.10. The van der Waals surface area contributed by atoms with Crippen LogP contribution in [-0.4, -0.2) is 31.8 Å². The molecule has 0 aliphatic heterocycles. The van der Waals surface area contributed by atoms with Gasteiger partial charge in [-0.3, -0.25) is 14.3 Å². The van der Waals surface area contributed by atoms with Gasteiger partial charge in [0.15, 0.2) is 0 Å². The van der Waals surface area contributed by atoms with Crippen LogP contribution >= 0.6 is 22.9 Å². The molecule has 18 heavy (non-hydrogen) atoms. The van der Waals surface area contributed by atoms with Crippen molar-refractivity contribution >= 4 is 40.4 Å². The summed E-state index contributed by atoms with van der Waals surface area (Å²) in [6.45, 7) is -0.0551. The number of nitrogens with one attached hydrogen (secondary N) is 1. The molecule has 94 valence electrons. The van der Waals surface area contributed by atoms with Gasteiger partial charge in [-0.25, -0.2) is 0 Å². The van der Waals surface area contributed by atoms with Crippen LogP contribution in [0.3, 0.4) is 0 Å². The highest BCUT2D eigenvalue weighted by molar-refractivity contribution is 7.17. The molecule has 2 rings (SSSR count). The average molecular weight is 287 g/mol. The van der Waals surface area contributed by atoms with Gasteiger partial charge in [-0.1, -0.05) is 11.3 Å². The Morgan fingerprint density at radius 3 is 2.89 bits per heavy atom. The standard InChI is InChI=1S/C8H7ClN6O2S/c9-8-14-13-7(18-8)6(17)12-4-1-11-15(2-4)3-5(10)16/h1-2H,3H2,(H2,10,16)(H,12,17). The highest BCUT2D eigenvalue weighted by atomic mass is 35.5. The molecule has 0 bridgehead atoms. The van der Waals surface area contributed by atoms with Crippen LogP contribution in [0, 0.1) is 0 Å². The van der Waals surface area contributed by atoms with Crippen LogP contribution in [0.5, 0.6) is 0 Å². The van der Waals surface area contributed by atoms with Crippen molar-refractivity contribution in [2.75, 3.05) is 5.32 Å². The first-order chi connectivity index (χ1) is 8.54. The lowest BCUT2D eigenvalue weighted by Gasteiger charge is -1.97. The number of hydrogen-bond donors (Lipinski definition) is 2. The van der Waals surface area contributed by atoms with Crippen LogP contribution in [0.4, 0.5) is 5.69 Å². The van der Waals surface area contributed by atoms with Crippen molar-refractivity contribution in [1.82, 2.24) is 20.0 Å². The molecule has 2 aromatic heterocycles. The summed E-state index contributed by atoms with van der Waals surface area (Å²) >= 11 is 6.53. The Morgan fingerprint density at radius 1 is 1.50 bits per heavy atom. The number of aromatic nitrogens is 4. The summed E-state index contributed by atoms with van der Waals surface area (Å²) in [5.41, 5.74) is 5.43. The normalized spacial score (nSPS) is 10.3. The molecule has 0 aromatic carbocycles. The summed E-state index contributed by atoms with van der Waals surface area (Å²) in [5, 5.41) is 13.6. The fraction of sp³-hybridized carbons (Fsp3) is 0.125. The third-order valence-electron chi connectivity index (χ3n) is 1.80. The van der Waals surface area contributed by atoms with E-state index in [2.05, 4.69) is 20.6 Å². The summed E-state index contributed by atoms with van der Waals surface area (Å²) in [4.78, 5) is 22.3. The van der Waals surface area contributed by atoms with Crippen LogP contribution in [0.25, 0.3) is 0 Å². The maximum atomic E-state index is 11.7. The first kappa shape index (κ1) is 12.5. The number of nitrogens with two attached hydrogens (primary N) is 1. The third-order valence-corrected chi connectivity index (χ3v) is 2.82. The molecule has 2 amide bonds. The Balaban J connectivity index is 2.03. The molecule has 0 radical (unpaired) electrons. The van der Waals surface area contributed by atoms with Gasteiger partial charge in [-0.15, -0.1) is 10.2 Å². The van der Waals surface area contributed by atoms with Crippen LogP contribution < -0.4 is 11.1 Å². The molecular weight excluding hydrogens is 280 g/mol. The van der Waals surface area contributed by atoms with E-state index in [1.54, 1.807) is 0 Å². The maximum Gasteiger partial charge on any atom is 0.286 e. The Hall–Kier alpha value is -2.00. The van der Waals surface area contributed by atoms with Crippen LogP contribution in [0.1, 0.15) is 9.80 Å². The molecule has 2 heterocycles. The molecule has 2 aromatic rings.